The molecule has 5 heteroatoms. The molecule has 24 heavy (non-hydrogen) atoms. The van der Waals surface area contributed by atoms with E-state index in [1.165, 1.54) is 0 Å². The summed E-state index contributed by atoms with van der Waals surface area (Å²) in [5, 5.41) is 0. The highest BCUT2D eigenvalue weighted by molar-refractivity contribution is 7.91. The molecule has 1 aliphatic heterocycles. The van der Waals surface area contributed by atoms with Crippen molar-refractivity contribution in [3.05, 3.63) is 64.3 Å². The third-order valence-electron chi connectivity index (χ3n) is 4.55. The first-order chi connectivity index (χ1) is 11.0. The van der Waals surface area contributed by atoms with Crippen molar-refractivity contribution in [1.29, 1.82) is 0 Å². The number of hydrogen-bond acceptors (Lipinski definition) is 4. The van der Waals surface area contributed by atoms with Gasteiger partial charge in [-0.25, -0.2) is 0 Å². The summed E-state index contributed by atoms with van der Waals surface area (Å²) in [6, 6.07) is 8.50. The predicted molar refractivity (Wildman–Crippen MR) is 93.8 cm³/mol. The van der Waals surface area contributed by atoms with Crippen LogP contribution in [0, 0.1) is 5.41 Å². The summed E-state index contributed by atoms with van der Waals surface area (Å²) in [7, 11) is -3.92. The Bertz CT molecular complexity index is 869. The molecule has 0 bridgehead atoms. The van der Waals surface area contributed by atoms with E-state index in [4.69, 9.17) is 8.92 Å². The van der Waals surface area contributed by atoms with Crippen LogP contribution in [0.1, 0.15) is 34.6 Å². The first-order valence-electron chi connectivity index (χ1n) is 7.88. The number of hydrogen-bond donors (Lipinski definition) is 0. The first kappa shape index (κ1) is 16.8. The third-order valence-corrected chi connectivity index (χ3v) is 5.77. The zero-order chi connectivity index (χ0) is 17.8. The van der Waals surface area contributed by atoms with E-state index in [-0.39, 0.29) is 4.91 Å². The minimum atomic E-state index is -3.92. The van der Waals surface area contributed by atoms with Crippen LogP contribution in [0.5, 0.6) is 5.75 Å². The number of para-hydroxylation sites is 1. The van der Waals surface area contributed by atoms with Gasteiger partial charge >= 0.3 is 10.1 Å². The van der Waals surface area contributed by atoms with Crippen molar-refractivity contribution in [2.45, 2.75) is 40.2 Å². The summed E-state index contributed by atoms with van der Waals surface area (Å²) < 4.78 is 36.6. The maximum Gasteiger partial charge on any atom is 0.339 e. The number of ether oxygens (including phenoxy) is 1. The molecule has 0 saturated carbocycles. The number of rotatable bonds is 3. The molecule has 1 aromatic rings. The molecule has 0 amide bonds. The lowest BCUT2D eigenvalue weighted by Crippen LogP contribution is -2.22. The highest BCUT2D eigenvalue weighted by atomic mass is 32.2. The molecule has 0 saturated heterocycles. The van der Waals surface area contributed by atoms with Gasteiger partial charge in [-0.1, -0.05) is 38.1 Å². The molecule has 0 N–H and O–H groups in total. The van der Waals surface area contributed by atoms with Crippen molar-refractivity contribution in [2.24, 2.45) is 5.41 Å². The van der Waals surface area contributed by atoms with E-state index in [1.54, 1.807) is 42.5 Å². The number of benzene rings is 1. The van der Waals surface area contributed by atoms with Crippen molar-refractivity contribution in [1.82, 2.24) is 0 Å². The van der Waals surface area contributed by atoms with E-state index in [0.717, 1.165) is 11.1 Å². The van der Waals surface area contributed by atoms with Crippen molar-refractivity contribution >= 4 is 10.1 Å². The SMILES string of the molecule is CC1=C2C(=CC(S(=O)(=O)Oc3ccccc3)=CC2(C)C)OC1(C)C. The fraction of sp³-hybridized carbons (Fsp3) is 0.368. The van der Waals surface area contributed by atoms with Gasteiger partial charge in [0.05, 0.1) is 0 Å². The Morgan fingerprint density at radius 2 is 1.67 bits per heavy atom. The van der Waals surface area contributed by atoms with E-state index in [2.05, 4.69) is 0 Å². The Morgan fingerprint density at radius 1 is 1.04 bits per heavy atom. The zero-order valence-electron chi connectivity index (χ0n) is 14.6. The van der Waals surface area contributed by atoms with E-state index in [1.807, 2.05) is 34.6 Å². The molecule has 3 rings (SSSR count). The van der Waals surface area contributed by atoms with Gasteiger partial charge in [-0.05, 0) is 38.5 Å². The molecular formula is C19H22O4S. The van der Waals surface area contributed by atoms with E-state index in [0.29, 0.717) is 11.5 Å². The lowest BCUT2D eigenvalue weighted by molar-refractivity contribution is 0.0920. The quantitative estimate of drug-likeness (QED) is 0.765. The molecule has 0 radical (unpaired) electrons. The lowest BCUT2D eigenvalue weighted by Gasteiger charge is -2.28. The summed E-state index contributed by atoms with van der Waals surface area (Å²) in [4.78, 5) is 0.126. The fourth-order valence-electron chi connectivity index (χ4n) is 3.18. The summed E-state index contributed by atoms with van der Waals surface area (Å²) in [5.74, 6) is 0.903. The highest BCUT2D eigenvalue weighted by Gasteiger charge is 2.44. The van der Waals surface area contributed by atoms with Gasteiger partial charge in [-0.15, -0.1) is 0 Å². The van der Waals surface area contributed by atoms with Gasteiger partial charge in [0.15, 0.2) is 0 Å². The summed E-state index contributed by atoms with van der Waals surface area (Å²) in [6.07, 6.45) is 3.30. The van der Waals surface area contributed by atoms with Gasteiger partial charge in [-0.3, -0.25) is 0 Å². The minimum Gasteiger partial charge on any atom is -0.483 e. The van der Waals surface area contributed by atoms with Gasteiger partial charge in [0.25, 0.3) is 0 Å². The summed E-state index contributed by atoms with van der Waals surface area (Å²) in [5.41, 5.74) is 1.28. The monoisotopic (exact) mass is 346 g/mol. The Kier molecular flexibility index (Phi) is 3.68. The molecular weight excluding hydrogens is 324 g/mol. The van der Waals surface area contributed by atoms with Crippen molar-refractivity contribution < 1.29 is 17.3 Å². The first-order valence-corrected chi connectivity index (χ1v) is 9.29. The van der Waals surface area contributed by atoms with Crippen LogP contribution in [0.15, 0.2) is 64.3 Å². The molecule has 0 spiro atoms. The van der Waals surface area contributed by atoms with Crippen LogP contribution < -0.4 is 4.18 Å². The van der Waals surface area contributed by atoms with Crippen molar-refractivity contribution in [3.63, 3.8) is 0 Å². The molecule has 128 valence electrons. The molecule has 1 aromatic carbocycles. The summed E-state index contributed by atoms with van der Waals surface area (Å²) >= 11 is 0. The van der Waals surface area contributed by atoms with Gasteiger partial charge in [0.2, 0.25) is 0 Å². The Hall–Kier alpha value is -2.01. The Morgan fingerprint density at radius 3 is 2.29 bits per heavy atom. The van der Waals surface area contributed by atoms with Gasteiger partial charge < -0.3 is 8.92 Å². The molecule has 2 aliphatic rings. The normalized spacial score (nSPS) is 21.5. The maximum atomic E-state index is 12.7. The van der Waals surface area contributed by atoms with Crippen LogP contribution >= 0.6 is 0 Å². The average Bonchev–Trinajstić information content (AvgIpc) is 2.69. The summed E-state index contributed by atoms with van der Waals surface area (Å²) in [6.45, 7) is 9.98. The van der Waals surface area contributed by atoms with Crippen LogP contribution in [0.3, 0.4) is 0 Å². The second kappa shape index (κ2) is 5.24. The zero-order valence-corrected chi connectivity index (χ0v) is 15.4. The topological polar surface area (TPSA) is 52.6 Å². The molecule has 0 unspecified atom stereocenters. The number of allylic oxidation sites excluding steroid dienone is 3. The van der Waals surface area contributed by atoms with Gasteiger partial charge in [0.1, 0.15) is 22.0 Å². The average molecular weight is 346 g/mol. The van der Waals surface area contributed by atoms with Gasteiger partial charge in [0, 0.05) is 17.1 Å². The van der Waals surface area contributed by atoms with Crippen LogP contribution in [0.25, 0.3) is 0 Å². The van der Waals surface area contributed by atoms with Crippen LogP contribution in [0.2, 0.25) is 0 Å². The minimum absolute atomic E-state index is 0.126. The van der Waals surface area contributed by atoms with E-state index >= 15 is 0 Å². The second-order valence-corrected chi connectivity index (χ2v) is 8.79. The van der Waals surface area contributed by atoms with Crippen LogP contribution in [-0.4, -0.2) is 14.0 Å². The van der Waals surface area contributed by atoms with Crippen LogP contribution in [0.4, 0.5) is 0 Å². The molecule has 0 atom stereocenters. The number of fused-ring (bicyclic) bond motifs is 1. The van der Waals surface area contributed by atoms with Crippen molar-refractivity contribution in [3.8, 4) is 5.75 Å². The molecule has 1 heterocycles. The van der Waals surface area contributed by atoms with E-state index in [9.17, 15) is 8.42 Å². The Labute approximate surface area is 143 Å². The van der Waals surface area contributed by atoms with Crippen molar-refractivity contribution in [2.75, 3.05) is 0 Å². The predicted octanol–water partition coefficient (Wildman–Crippen LogP) is 4.33. The maximum absolute atomic E-state index is 12.7. The molecule has 4 nitrogen and oxygen atoms in total. The third kappa shape index (κ3) is 2.77. The molecule has 1 aliphatic carbocycles. The molecule has 0 aromatic heterocycles. The lowest BCUT2D eigenvalue weighted by atomic mass is 9.77. The second-order valence-electron chi connectivity index (χ2n) is 7.24. The highest BCUT2D eigenvalue weighted by Crippen LogP contribution is 2.50. The largest absolute Gasteiger partial charge is 0.483 e. The van der Waals surface area contributed by atoms with Gasteiger partial charge in [-0.2, -0.15) is 8.42 Å². The van der Waals surface area contributed by atoms with E-state index < -0.39 is 21.1 Å². The standard InChI is InChI=1S/C19H22O4S/c1-13-17-16(22-19(13,4)5)11-15(12-18(17,2)3)24(20,21)23-14-9-7-6-8-10-14/h6-12H,1-5H3. The fourth-order valence-corrected chi connectivity index (χ4v) is 4.34. The smallest absolute Gasteiger partial charge is 0.339 e. The Balaban J connectivity index is 2.03. The van der Waals surface area contributed by atoms with Crippen LogP contribution in [-0.2, 0) is 14.9 Å². The molecule has 0 fully saturated rings.